The third-order valence-electron chi connectivity index (χ3n) is 5.45. The van der Waals surface area contributed by atoms with Gasteiger partial charge in [0.15, 0.2) is 17.4 Å². The van der Waals surface area contributed by atoms with E-state index in [0.29, 0.717) is 0 Å². The van der Waals surface area contributed by atoms with Crippen molar-refractivity contribution in [2.24, 2.45) is 5.73 Å². The maximum Gasteiger partial charge on any atom is 0.350 e. The van der Waals surface area contributed by atoms with Gasteiger partial charge in [-0.3, -0.25) is 15.2 Å². The van der Waals surface area contributed by atoms with Crippen LogP contribution in [-0.2, 0) is 9.53 Å². The first kappa shape index (κ1) is 27.7. The van der Waals surface area contributed by atoms with Crippen molar-refractivity contribution in [2.75, 3.05) is 25.6 Å². The number of anilines is 1. The van der Waals surface area contributed by atoms with Gasteiger partial charge < -0.3 is 25.3 Å². The molecule has 0 saturated carbocycles. The number of ether oxygens (including phenoxy) is 3. The van der Waals surface area contributed by atoms with Gasteiger partial charge in [-0.2, -0.15) is 0 Å². The maximum atomic E-state index is 15.9. The van der Waals surface area contributed by atoms with Gasteiger partial charge in [-0.15, -0.1) is 9.78 Å². The Kier molecular flexibility index (Phi) is 8.32. The summed E-state index contributed by atoms with van der Waals surface area (Å²) in [5.74, 6) is -2.80. The van der Waals surface area contributed by atoms with Gasteiger partial charge in [-0.05, 0) is 30.3 Å². The highest BCUT2D eigenvalue weighted by atomic mass is 19.1. The third kappa shape index (κ3) is 6.20. The first-order chi connectivity index (χ1) is 19.2. The Balaban J connectivity index is 1.80. The van der Waals surface area contributed by atoms with E-state index in [2.05, 4.69) is 25.4 Å². The monoisotopic (exact) mass is 554 g/mol. The van der Waals surface area contributed by atoms with Crippen molar-refractivity contribution in [2.45, 2.75) is 13.0 Å². The number of nitrogens with two attached hydrogens (primary N) is 1. The minimum Gasteiger partial charge on any atom is -0.497 e. The average molecular weight is 555 g/mol. The van der Waals surface area contributed by atoms with Crippen LogP contribution < -0.4 is 26.2 Å². The molecule has 40 heavy (non-hydrogen) atoms. The Hall–Kier alpha value is -5.34. The smallest absolute Gasteiger partial charge is 0.350 e. The minimum atomic E-state index is -1.23. The van der Waals surface area contributed by atoms with Crippen LogP contribution in [0.4, 0.5) is 14.5 Å². The molecule has 208 valence electrons. The number of aromatic amines is 1. The molecule has 2 aromatic carbocycles. The van der Waals surface area contributed by atoms with E-state index in [1.54, 1.807) is 6.07 Å². The topological polar surface area (TPSA) is 183 Å². The van der Waals surface area contributed by atoms with E-state index in [4.69, 9.17) is 25.4 Å². The summed E-state index contributed by atoms with van der Waals surface area (Å²) in [6.45, 7) is 0.946. The normalized spacial score (nSPS) is 11.5. The van der Waals surface area contributed by atoms with Gasteiger partial charge in [0.2, 0.25) is 0 Å². The van der Waals surface area contributed by atoms with Gasteiger partial charge in [0.25, 0.3) is 5.95 Å². The van der Waals surface area contributed by atoms with Crippen molar-refractivity contribution in [3.63, 3.8) is 0 Å². The molecular formula is C25H24F2N8O5. The number of esters is 1. The quantitative estimate of drug-likeness (QED) is 0.0926. The molecule has 0 aliphatic rings. The minimum absolute atomic E-state index is 0.0359. The van der Waals surface area contributed by atoms with Crippen LogP contribution in [-0.4, -0.2) is 56.9 Å². The fourth-order valence-corrected chi connectivity index (χ4v) is 3.65. The van der Waals surface area contributed by atoms with Gasteiger partial charge in [-0.25, -0.2) is 23.5 Å². The largest absolute Gasteiger partial charge is 0.497 e. The van der Waals surface area contributed by atoms with Gasteiger partial charge in [0, 0.05) is 36.6 Å². The molecular weight excluding hydrogens is 530 g/mol. The second kappa shape index (κ2) is 12.0. The summed E-state index contributed by atoms with van der Waals surface area (Å²) < 4.78 is 47.0. The lowest BCUT2D eigenvalue weighted by Gasteiger charge is -2.21. The molecule has 4 rings (SSSR count). The summed E-state index contributed by atoms with van der Waals surface area (Å²) in [4.78, 5) is 34.4. The van der Waals surface area contributed by atoms with Gasteiger partial charge in [0.1, 0.15) is 36.7 Å². The zero-order chi connectivity index (χ0) is 28.8. The van der Waals surface area contributed by atoms with Crippen LogP contribution in [0.15, 0.2) is 53.6 Å². The summed E-state index contributed by atoms with van der Waals surface area (Å²) >= 11 is 0. The van der Waals surface area contributed by atoms with Crippen LogP contribution >= 0.6 is 0 Å². The summed E-state index contributed by atoms with van der Waals surface area (Å²) in [6, 6.07) is 6.74. The van der Waals surface area contributed by atoms with E-state index >= 15 is 4.39 Å². The molecule has 13 nitrogen and oxygen atoms in total. The van der Waals surface area contributed by atoms with Crippen LogP contribution in [0.3, 0.4) is 0 Å². The Bertz CT molecular complexity index is 1590. The Morgan fingerprint density at radius 1 is 1.20 bits per heavy atom. The Morgan fingerprint density at radius 2 is 1.95 bits per heavy atom. The van der Waals surface area contributed by atoms with E-state index < -0.39 is 35.2 Å². The van der Waals surface area contributed by atoms with E-state index in [-0.39, 0.29) is 53.3 Å². The molecule has 2 aromatic heterocycles. The number of nitrogens with zero attached hydrogens (tertiary/aromatic N) is 4. The molecule has 0 saturated heterocycles. The molecule has 5 N–H and O–H groups in total. The number of carbonyl (C=O) groups excluding carboxylic acids is 1. The van der Waals surface area contributed by atoms with E-state index in [9.17, 15) is 14.0 Å². The van der Waals surface area contributed by atoms with Crippen LogP contribution in [0.2, 0.25) is 0 Å². The fraction of sp³-hybridized carbons (Fsp3) is 0.200. The first-order valence-electron chi connectivity index (χ1n) is 11.7. The van der Waals surface area contributed by atoms with Crippen molar-refractivity contribution in [1.29, 1.82) is 5.41 Å². The summed E-state index contributed by atoms with van der Waals surface area (Å²) in [5, 5.41) is 14.7. The van der Waals surface area contributed by atoms with Gasteiger partial charge in [0.05, 0.1) is 12.7 Å². The lowest BCUT2D eigenvalue weighted by Crippen LogP contribution is -2.18. The molecule has 1 atom stereocenters. The number of hydrogen-bond acceptors (Lipinski definition) is 10. The highest BCUT2D eigenvalue weighted by Crippen LogP contribution is 2.35. The molecule has 0 unspecified atom stereocenters. The van der Waals surface area contributed by atoms with Crippen LogP contribution in [0, 0.1) is 17.0 Å². The van der Waals surface area contributed by atoms with Crippen molar-refractivity contribution in [1.82, 2.24) is 24.7 Å². The number of hydrogen-bond donors (Lipinski definition) is 4. The number of aromatic nitrogens is 5. The molecule has 0 spiro atoms. The van der Waals surface area contributed by atoms with Gasteiger partial charge >= 0.3 is 11.7 Å². The van der Waals surface area contributed by atoms with E-state index in [0.717, 1.165) is 10.7 Å². The number of benzene rings is 2. The summed E-state index contributed by atoms with van der Waals surface area (Å²) in [5.41, 5.74) is 4.63. The SMILES string of the molecule is COc1cc(OCCOC(C)=O)c(F)c([C@H](Nc2ccc(C(=N)N)c(F)c2)c2nn(-c3ncccn3)c(=O)[nH]2)c1. The molecule has 15 heteroatoms. The molecule has 0 fully saturated rings. The van der Waals surface area contributed by atoms with Crippen molar-refractivity contribution < 1.29 is 27.8 Å². The fourth-order valence-electron chi connectivity index (χ4n) is 3.65. The van der Waals surface area contributed by atoms with Crippen molar-refractivity contribution in [3.05, 3.63) is 87.9 Å². The third-order valence-corrected chi connectivity index (χ3v) is 5.45. The van der Waals surface area contributed by atoms with Crippen molar-refractivity contribution in [3.8, 4) is 17.4 Å². The summed E-state index contributed by atoms with van der Waals surface area (Å²) in [7, 11) is 1.36. The predicted molar refractivity (Wildman–Crippen MR) is 138 cm³/mol. The molecule has 0 amide bonds. The molecule has 4 aromatic rings. The van der Waals surface area contributed by atoms with Crippen LogP contribution in [0.1, 0.15) is 29.9 Å². The lowest BCUT2D eigenvalue weighted by molar-refractivity contribution is -0.141. The Morgan fingerprint density at radius 3 is 2.60 bits per heavy atom. The number of nitrogen functional groups attached to an aromatic ring is 1. The molecule has 2 heterocycles. The van der Waals surface area contributed by atoms with Gasteiger partial charge in [-0.1, -0.05) is 0 Å². The number of rotatable bonds is 11. The number of halogens is 2. The van der Waals surface area contributed by atoms with E-state index in [1.807, 2.05) is 0 Å². The zero-order valence-electron chi connectivity index (χ0n) is 21.3. The highest BCUT2D eigenvalue weighted by Gasteiger charge is 2.27. The number of methoxy groups -OCH3 is 1. The molecule has 0 radical (unpaired) electrons. The average Bonchev–Trinajstić information content (AvgIpc) is 3.32. The molecule has 0 aliphatic carbocycles. The lowest BCUT2D eigenvalue weighted by atomic mass is 10.0. The van der Waals surface area contributed by atoms with Crippen LogP contribution in [0.25, 0.3) is 5.95 Å². The number of carbonyl (C=O) groups is 1. The van der Waals surface area contributed by atoms with E-state index in [1.165, 1.54) is 50.7 Å². The standard InChI is InChI=1S/C25H24F2N8O5/c1-13(36)39-8-9-40-19-12-15(38-2)11-17(20(19)27)21(32-14-4-5-16(22(28)29)18(26)10-14)23-33-25(37)35(34-23)24-30-6-3-7-31-24/h3-7,10-12,21,32H,8-9H2,1-2H3,(H3,28,29)(H,33,34,37)/t21-/m0/s1. The molecule has 0 aliphatic heterocycles. The van der Waals surface area contributed by atoms with Crippen molar-refractivity contribution >= 4 is 17.5 Å². The zero-order valence-corrected chi connectivity index (χ0v) is 21.3. The summed E-state index contributed by atoms with van der Waals surface area (Å²) in [6.07, 6.45) is 2.83. The first-order valence-corrected chi connectivity index (χ1v) is 11.7. The number of H-pyrrole nitrogens is 1. The van der Waals surface area contributed by atoms with Crippen LogP contribution in [0.5, 0.6) is 11.5 Å². The maximum absolute atomic E-state index is 15.9. The number of nitrogens with one attached hydrogen (secondary N) is 3. The molecule has 0 bridgehead atoms. The second-order valence-electron chi connectivity index (χ2n) is 8.18. The Labute approximate surface area is 225 Å². The number of amidine groups is 1. The highest BCUT2D eigenvalue weighted by molar-refractivity contribution is 5.95. The second-order valence-corrected chi connectivity index (χ2v) is 8.18. The predicted octanol–water partition coefficient (Wildman–Crippen LogP) is 2.06.